The molecule has 0 saturated heterocycles. The minimum Gasteiger partial charge on any atom is -0.353 e. The fraction of sp³-hybridized carbons (Fsp3) is 0.400. The Morgan fingerprint density at radius 3 is 2.68 bits per heavy atom. The fourth-order valence-electron chi connectivity index (χ4n) is 1.65. The average Bonchev–Trinajstić information content (AvgIpc) is 3.10. The number of thiophene rings is 1. The molecule has 2 heterocycles. The number of hydrogen-bond acceptors (Lipinski definition) is 5. The van der Waals surface area contributed by atoms with Crippen LogP contribution in [-0.2, 0) is 11.2 Å². The molecule has 2 N–H and O–H groups in total. The summed E-state index contributed by atoms with van der Waals surface area (Å²) in [4.78, 5) is 28.7. The highest BCUT2D eigenvalue weighted by atomic mass is 32.1. The monoisotopic (exact) mass is 337 g/mol. The molecule has 0 saturated carbocycles. The molecule has 22 heavy (non-hydrogen) atoms. The van der Waals surface area contributed by atoms with Crippen molar-refractivity contribution in [1.82, 2.24) is 10.3 Å². The van der Waals surface area contributed by atoms with E-state index in [1.165, 1.54) is 22.7 Å². The first-order chi connectivity index (χ1) is 10.5. The summed E-state index contributed by atoms with van der Waals surface area (Å²) in [6.45, 7) is 6.11. The summed E-state index contributed by atoms with van der Waals surface area (Å²) < 4.78 is 0. The highest BCUT2D eigenvalue weighted by Crippen LogP contribution is 2.18. The summed E-state index contributed by atoms with van der Waals surface area (Å²) in [5.74, 6) is 0.163. The third kappa shape index (κ3) is 4.64. The van der Waals surface area contributed by atoms with Crippen LogP contribution < -0.4 is 10.6 Å². The molecule has 0 aromatic carbocycles. The van der Waals surface area contributed by atoms with Crippen LogP contribution in [0.5, 0.6) is 0 Å². The van der Waals surface area contributed by atoms with Gasteiger partial charge in [0.15, 0.2) is 5.13 Å². The van der Waals surface area contributed by atoms with E-state index in [4.69, 9.17) is 0 Å². The van der Waals surface area contributed by atoms with Crippen LogP contribution in [0.2, 0.25) is 0 Å². The number of rotatable bonds is 6. The predicted molar refractivity (Wildman–Crippen MR) is 90.5 cm³/mol. The average molecular weight is 337 g/mol. The summed E-state index contributed by atoms with van der Waals surface area (Å²) in [5, 5.41) is 9.84. The second kappa shape index (κ2) is 7.51. The molecule has 0 bridgehead atoms. The van der Waals surface area contributed by atoms with E-state index in [-0.39, 0.29) is 24.3 Å². The van der Waals surface area contributed by atoms with Crippen molar-refractivity contribution in [3.63, 3.8) is 0 Å². The number of nitrogens with zero attached hydrogens (tertiary/aromatic N) is 1. The van der Waals surface area contributed by atoms with Crippen molar-refractivity contribution in [2.75, 3.05) is 5.32 Å². The van der Waals surface area contributed by atoms with Crippen LogP contribution in [-0.4, -0.2) is 22.8 Å². The maximum atomic E-state index is 11.9. The van der Waals surface area contributed by atoms with Crippen molar-refractivity contribution in [1.29, 1.82) is 0 Å². The van der Waals surface area contributed by atoms with Crippen molar-refractivity contribution >= 4 is 39.6 Å². The van der Waals surface area contributed by atoms with Gasteiger partial charge in [-0.2, -0.15) is 0 Å². The van der Waals surface area contributed by atoms with Crippen LogP contribution in [0.15, 0.2) is 22.9 Å². The zero-order valence-corrected chi connectivity index (χ0v) is 14.4. The van der Waals surface area contributed by atoms with Gasteiger partial charge in [-0.1, -0.05) is 19.9 Å². The number of anilines is 1. The molecule has 2 aromatic heterocycles. The Bertz CT molecular complexity index is 635. The Labute approximate surface area is 137 Å². The lowest BCUT2D eigenvalue weighted by Crippen LogP contribution is -2.37. The summed E-state index contributed by atoms with van der Waals surface area (Å²) in [5.41, 5.74) is 0.667. The maximum absolute atomic E-state index is 11.9. The van der Waals surface area contributed by atoms with E-state index in [0.29, 0.717) is 21.6 Å². The molecule has 2 rings (SSSR count). The lowest BCUT2D eigenvalue weighted by Gasteiger charge is -2.16. The molecule has 2 aromatic rings. The van der Waals surface area contributed by atoms with E-state index in [2.05, 4.69) is 29.5 Å². The first-order valence-corrected chi connectivity index (χ1v) is 8.80. The van der Waals surface area contributed by atoms with Crippen LogP contribution >= 0.6 is 22.7 Å². The lowest BCUT2D eigenvalue weighted by molar-refractivity contribution is -0.121. The molecular weight excluding hydrogens is 318 g/mol. The fourth-order valence-corrected chi connectivity index (χ4v) is 2.97. The van der Waals surface area contributed by atoms with Crippen LogP contribution in [0.1, 0.15) is 36.1 Å². The van der Waals surface area contributed by atoms with Gasteiger partial charge in [-0.05, 0) is 24.3 Å². The van der Waals surface area contributed by atoms with E-state index in [9.17, 15) is 9.59 Å². The summed E-state index contributed by atoms with van der Waals surface area (Å²) in [7, 11) is 0. The van der Waals surface area contributed by atoms with Gasteiger partial charge in [0.2, 0.25) is 5.91 Å². The number of nitrogens with one attached hydrogen (secondary N) is 2. The van der Waals surface area contributed by atoms with Gasteiger partial charge in [0.05, 0.1) is 17.0 Å². The second-order valence-corrected chi connectivity index (χ2v) is 7.16. The van der Waals surface area contributed by atoms with Gasteiger partial charge in [-0.25, -0.2) is 4.98 Å². The maximum Gasteiger partial charge on any atom is 0.267 e. The number of aromatic nitrogens is 1. The van der Waals surface area contributed by atoms with Gasteiger partial charge in [0.1, 0.15) is 0 Å². The third-order valence-electron chi connectivity index (χ3n) is 3.25. The Balaban J connectivity index is 1.89. The molecule has 1 atom stereocenters. The number of carbonyl (C=O) groups is 2. The van der Waals surface area contributed by atoms with Crippen LogP contribution in [0, 0.1) is 5.92 Å². The molecular formula is C15H19N3O2S2. The van der Waals surface area contributed by atoms with E-state index < -0.39 is 0 Å². The third-order valence-corrected chi connectivity index (χ3v) is 4.92. The minimum atomic E-state index is -0.172. The van der Waals surface area contributed by atoms with Crippen molar-refractivity contribution in [2.45, 2.75) is 33.2 Å². The van der Waals surface area contributed by atoms with Crippen LogP contribution in [0.4, 0.5) is 5.13 Å². The van der Waals surface area contributed by atoms with E-state index in [1.54, 1.807) is 11.4 Å². The molecule has 0 aliphatic rings. The highest BCUT2D eigenvalue weighted by Gasteiger charge is 2.14. The van der Waals surface area contributed by atoms with Crippen LogP contribution in [0.25, 0.3) is 0 Å². The van der Waals surface area contributed by atoms with Gasteiger partial charge in [-0.3, -0.25) is 14.9 Å². The molecule has 1 unspecified atom stereocenters. The molecule has 7 heteroatoms. The SMILES string of the molecule is CC(C)C(C)NC(=O)Cc1csc(NC(=O)c2cccs2)n1. The first kappa shape index (κ1) is 16.6. The Morgan fingerprint density at radius 2 is 2.05 bits per heavy atom. The van der Waals surface area contributed by atoms with E-state index in [1.807, 2.05) is 18.4 Å². The number of carbonyl (C=O) groups excluding carboxylic acids is 2. The second-order valence-electron chi connectivity index (χ2n) is 5.35. The highest BCUT2D eigenvalue weighted by molar-refractivity contribution is 7.14. The van der Waals surface area contributed by atoms with Crippen molar-refractivity contribution < 1.29 is 9.59 Å². The molecule has 0 spiro atoms. The quantitative estimate of drug-likeness (QED) is 0.850. The molecule has 0 aliphatic heterocycles. The van der Waals surface area contributed by atoms with Crippen LogP contribution in [0.3, 0.4) is 0 Å². The van der Waals surface area contributed by atoms with Gasteiger partial charge in [0.25, 0.3) is 5.91 Å². The Hall–Kier alpha value is -1.73. The molecule has 0 fully saturated rings. The topological polar surface area (TPSA) is 71.1 Å². The summed E-state index contributed by atoms with van der Waals surface area (Å²) in [6.07, 6.45) is 0.225. The number of thiazole rings is 1. The van der Waals surface area contributed by atoms with Crippen molar-refractivity contribution in [2.24, 2.45) is 5.92 Å². The van der Waals surface area contributed by atoms with Gasteiger partial charge in [-0.15, -0.1) is 22.7 Å². The summed E-state index contributed by atoms with van der Waals surface area (Å²) >= 11 is 2.70. The number of amides is 2. The molecule has 118 valence electrons. The van der Waals surface area contributed by atoms with Gasteiger partial charge in [0, 0.05) is 11.4 Å². The normalized spacial score (nSPS) is 12.2. The zero-order chi connectivity index (χ0) is 16.1. The predicted octanol–water partition coefficient (Wildman–Crippen LogP) is 3.16. The Kier molecular flexibility index (Phi) is 5.68. The van der Waals surface area contributed by atoms with Gasteiger partial charge < -0.3 is 5.32 Å². The summed E-state index contributed by atoms with van der Waals surface area (Å²) in [6, 6.07) is 3.71. The lowest BCUT2D eigenvalue weighted by atomic mass is 10.1. The molecule has 2 amide bonds. The molecule has 0 aliphatic carbocycles. The van der Waals surface area contributed by atoms with E-state index >= 15 is 0 Å². The van der Waals surface area contributed by atoms with Gasteiger partial charge >= 0.3 is 0 Å². The Morgan fingerprint density at radius 1 is 1.27 bits per heavy atom. The standard InChI is InChI=1S/C15H19N3O2S2/c1-9(2)10(3)16-13(19)7-11-8-22-15(17-11)18-14(20)12-5-4-6-21-12/h4-6,8-10H,7H2,1-3H3,(H,16,19)(H,17,18,20). The minimum absolute atomic E-state index is 0.0531. The van der Waals surface area contributed by atoms with Crippen molar-refractivity contribution in [3.8, 4) is 0 Å². The number of hydrogen-bond donors (Lipinski definition) is 2. The first-order valence-electron chi connectivity index (χ1n) is 7.04. The van der Waals surface area contributed by atoms with Crippen molar-refractivity contribution in [3.05, 3.63) is 33.5 Å². The largest absolute Gasteiger partial charge is 0.353 e. The zero-order valence-electron chi connectivity index (χ0n) is 12.8. The smallest absolute Gasteiger partial charge is 0.267 e. The molecule has 5 nitrogen and oxygen atoms in total. The molecule has 0 radical (unpaired) electrons. The van der Waals surface area contributed by atoms with E-state index in [0.717, 1.165) is 0 Å².